The molecule has 0 radical (unpaired) electrons. The van der Waals surface area contributed by atoms with E-state index in [-0.39, 0.29) is 5.91 Å². The molecule has 0 aliphatic rings. The molecule has 2 rings (SSSR count). The topological polar surface area (TPSA) is 55.1 Å². The van der Waals surface area contributed by atoms with Gasteiger partial charge < -0.3 is 4.52 Å². The maximum atomic E-state index is 10.8. The largest absolute Gasteiger partial charge is 0.338 e. The zero-order valence-electron chi connectivity index (χ0n) is 9.15. The number of hydrogen-bond acceptors (Lipinski definition) is 3. The van der Waals surface area contributed by atoms with E-state index >= 15 is 0 Å². The third-order valence-corrected chi connectivity index (χ3v) is 2.16. The minimum absolute atomic E-state index is 0.174. The molecule has 1 heterocycles. The molecule has 1 aromatic heterocycles. The van der Waals surface area contributed by atoms with Crippen LogP contribution in [0.1, 0.15) is 12.5 Å². The molecule has 82 valence electrons. The molecule has 2 aromatic rings. The molecule has 4 nitrogen and oxygen atoms in total. The van der Waals surface area contributed by atoms with Gasteiger partial charge in [0.05, 0.1) is 0 Å². The van der Waals surface area contributed by atoms with E-state index < -0.39 is 0 Å². The Kier molecular flexibility index (Phi) is 2.72. The lowest BCUT2D eigenvalue weighted by molar-refractivity contribution is -0.114. The first-order valence-electron chi connectivity index (χ1n) is 4.96. The van der Waals surface area contributed by atoms with E-state index in [2.05, 4.69) is 10.5 Å². The molecular weight excluding hydrogens is 204 g/mol. The van der Waals surface area contributed by atoms with Crippen molar-refractivity contribution >= 4 is 11.8 Å². The van der Waals surface area contributed by atoms with Crippen LogP contribution in [-0.4, -0.2) is 11.1 Å². The third-order valence-electron chi connectivity index (χ3n) is 2.16. The van der Waals surface area contributed by atoms with Crippen LogP contribution in [0, 0.1) is 6.92 Å². The van der Waals surface area contributed by atoms with Crippen molar-refractivity contribution in [3.63, 3.8) is 0 Å². The Balaban J connectivity index is 2.24. The molecule has 1 N–H and O–H groups in total. The van der Waals surface area contributed by atoms with Crippen LogP contribution in [0.15, 0.2) is 34.9 Å². The molecule has 0 atom stereocenters. The van der Waals surface area contributed by atoms with Crippen LogP contribution in [0.3, 0.4) is 0 Å². The highest BCUT2D eigenvalue weighted by Gasteiger charge is 2.06. The van der Waals surface area contributed by atoms with Crippen LogP contribution in [0.25, 0.3) is 11.3 Å². The van der Waals surface area contributed by atoms with E-state index in [0.717, 1.165) is 5.56 Å². The Labute approximate surface area is 93.3 Å². The summed E-state index contributed by atoms with van der Waals surface area (Å²) in [7, 11) is 0. The number of aromatic nitrogens is 1. The van der Waals surface area contributed by atoms with Crippen LogP contribution < -0.4 is 5.32 Å². The van der Waals surface area contributed by atoms with Crippen LogP contribution in [-0.2, 0) is 4.79 Å². The summed E-state index contributed by atoms with van der Waals surface area (Å²) in [6.45, 7) is 3.45. The number of hydrogen-bond donors (Lipinski definition) is 1. The van der Waals surface area contributed by atoms with E-state index in [0.29, 0.717) is 11.6 Å². The van der Waals surface area contributed by atoms with Gasteiger partial charge in [0, 0.05) is 18.6 Å². The zero-order valence-corrected chi connectivity index (χ0v) is 9.15. The fraction of sp³-hybridized carbons (Fsp3) is 0.167. The number of amides is 1. The van der Waals surface area contributed by atoms with Crippen LogP contribution >= 0.6 is 0 Å². The molecule has 0 aliphatic heterocycles. The Bertz CT molecular complexity index is 500. The molecule has 0 saturated heterocycles. The second-order valence-electron chi connectivity index (χ2n) is 3.62. The number of nitrogens with zero attached hydrogens (tertiary/aromatic N) is 1. The maximum Gasteiger partial charge on any atom is 0.231 e. The minimum Gasteiger partial charge on any atom is -0.338 e. The van der Waals surface area contributed by atoms with Gasteiger partial charge in [-0.15, -0.1) is 0 Å². The first-order chi connectivity index (χ1) is 7.65. The Morgan fingerprint density at radius 2 is 2.00 bits per heavy atom. The lowest BCUT2D eigenvalue weighted by atomic mass is 10.1. The normalized spacial score (nSPS) is 10.1. The Morgan fingerprint density at radius 1 is 1.31 bits per heavy atom. The van der Waals surface area contributed by atoms with Gasteiger partial charge >= 0.3 is 0 Å². The van der Waals surface area contributed by atoms with Gasteiger partial charge in [0.1, 0.15) is 5.69 Å². The molecule has 0 fully saturated rings. The predicted octanol–water partition coefficient (Wildman–Crippen LogP) is 2.61. The van der Waals surface area contributed by atoms with Crippen LogP contribution in [0.4, 0.5) is 5.88 Å². The monoisotopic (exact) mass is 216 g/mol. The van der Waals surface area contributed by atoms with Crippen molar-refractivity contribution in [2.75, 3.05) is 5.32 Å². The highest BCUT2D eigenvalue weighted by molar-refractivity contribution is 5.87. The molecule has 1 aromatic carbocycles. The number of carbonyl (C=O) groups excluding carboxylic acids is 1. The van der Waals surface area contributed by atoms with Gasteiger partial charge in [-0.3, -0.25) is 10.1 Å². The van der Waals surface area contributed by atoms with Gasteiger partial charge in [-0.05, 0) is 6.92 Å². The van der Waals surface area contributed by atoms with Gasteiger partial charge in [-0.2, -0.15) is 0 Å². The lowest BCUT2D eigenvalue weighted by Crippen LogP contribution is -2.04. The van der Waals surface area contributed by atoms with Crippen LogP contribution in [0.2, 0.25) is 0 Å². The van der Waals surface area contributed by atoms with Crippen molar-refractivity contribution in [2.24, 2.45) is 0 Å². The molecule has 0 saturated carbocycles. The second kappa shape index (κ2) is 4.18. The average Bonchev–Trinajstić information content (AvgIpc) is 2.66. The van der Waals surface area contributed by atoms with Gasteiger partial charge in [-0.1, -0.05) is 35.0 Å². The van der Waals surface area contributed by atoms with Crippen LogP contribution in [0.5, 0.6) is 0 Å². The van der Waals surface area contributed by atoms with E-state index in [1.54, 1.807) is 6.07 Å². The summed E-state index contributed by atoms with van der Waals surface area (Å²) in [4.78, 5) is 10.8. The summed E-state index contributed by atoms with van der Waals surface area (Å²) >= 11 is 0. The smallest absolute Gasteiger partial charge is 0.231 e. The van der Waals surface area contributed by atoms with Crippen molar-refractivity contribution in [2.45, 2.75) is 13.8 Å². The van der Waals surface area contributed by atoms with E-state index in [4.69, 9.17) is 4.52 Å². The average molecular weight is 216 g/mol. The summed E-state index contributed by atoms with van der Waals surface area (Å²) in [6.07, 6.45) is 0. The fourth-order valence-electron chi connectivity index (χ4n) is 1.37. The summed E-state index contributed by atoms with van der Waals surface area (Å²) in [5, 5.41) is 6.42. The van der Waals surface area contributed by atoms with Gasteiger partial charge in [0.15, 0.2) is 0 Å². The summed E-state index contributed by atoms with van der Waals surface area (Å²) in [5.74, 6) is 0.190. The molecular formula is C12H12N2O2. The first-order valence-corrected chi connectivity index (χ1v) is 4.96. The number of benzene rings is 1. The van der Waals surface area contributed by atoms with Crippen molar-refractivity contribution in [1.29, 1.82) is 0 Å². The number of carbonyl (C=O) groups is 1. The number of nitrogens with one attached hydrogen (secondary N) is 1. The van der Waals surface area contributed by atoms with Crippen molar-refractivity contribution in [3.05, 3.63) is 35.9 Å². The predicted molar refractivity (Wildman–Crippen MR) is 61.0 cm³/mol. The number of anilines is 1. The molecule has 0 spiro atoms. The van der Waals surface area contributed by atoms with E-state index in [9.17, 15) is 4.79 Å². The molecule has 0 bridgehead atoms. The Hall–Kier alpha value is -2.10. The third kappa shape index (κ3) is 2.28. The Morgan fingerprint density at radius 3 is 2.62 bits per heavy atom. The van der Waals surface area contributed by atoms with E-state index in [1.807, 2.05) is 31.2 Å². The van der Waals surface area contributed by atoms with E-state index in [1.165, 1.54) is 12.5 Å². The highest BCUT2D eigenvalue weighted by atomic mass is 16.5. The minimum atomic E-state index is -0.174. The summed E-state index contributed by atoms with van der Waals surface area (Å²) < 4.78 is 4.98. The SMILES string of the molecule is CC(=O)Nc1cc(-c2ccc(C)cc2)no1. The molecule has 4 heteroatoms. The maximum absolute atomic E-state index is 10.8. The highest BCUT2D eigenvalue weighted by Crippen LogP contribution is 2.21. The number of rotatable bonds is 2. The van der Waals surface area contributed by atoms with Crippen molar-refractivity contribution < 1.29 is 9.32 Å². The van der Waals surface area contributed by atoms with Crippen molar-refractivity contribution in [1.82, 2.24) is 5.16 Å². The molecule has 1 amide bonds. The standard InChI is InChI=1S/C12H12N2O2/c1-8-3-5-10(6-4-8)11-7-12(16-14-11)13-9(2)15/h3-7H,1-2H3,(H,13,15). The lowest BCUT2D eigenvalue weighted by Gasteiger charge is -1.95. The molecule has 0 unspecified atom stereocenters. The first kappa shape index (κ1) is 10.4. The van der Waals surface area contributed by atoms with Gasteiger partial charge in [0.2, 0.25) is 11.8 Å². The second-order valence-corrected chi connectivity index (χ2v) is 3.62. The van der Waals surface area contributed by atoms with Crippen molar-refractivity contribution in [3.8, 4) is 11.3 Å². The van der Waals surface area contributed by atoms with Gasteiger partial charge in [-0.25, -0.2) is 0 Å². The summed E-state index contributed by atoms with van der Waals surface area (Å²) in [6, 6.07) is 9.63. The summed E-state index contributed by atoms with van der Waals surface area (Å²) in [5.41, 5.74) is 2.86. The quantitative estimate of drug-likeness (QED) is 0.839. The molecule has 0 aliphatic carbocycles. The zero-order chi connectivity index (χ0) is 11.5. The number of aryl methyl sites for hydroxylation is 1. The van der Waals surface area contributed by atoms with Gasteiger partial charge in [0.25, 0.3) is 0 Å². The molecule has 16 heavy (non-hydrogen) atoms. The fourth-order valence-corrected chi connectivity index (χ4v) is 1.37.